The number of anilines is 1. The van der Waals surface area contributed by atoms with E-state index in [1.165, 1.54) is 0 Å². The predicted octanol–water partition coefficient (Wildman–Crippen LogP) is 3.32. The molecule has 0 radical (unpaired) electrons. The zero-order valence-corrected chi connectivity index (χ0v) is 12.6. The molecule has 0 aliphatic heterocycles. The van der Waals surface area contributed by atoms with E-state index in [1.54, 1.807) is 6.92 Å². The highest BCUT2D eigenvalue weighted by molar-refractivity contribution is 5.91. The third-order valence-corrected chi connectivity index (χ3v) is 2.89. The Balaban J connectivity index is 2.59. The summed E-state index contributed by atoms with van der Waals surface area (Å²) in [6.45, 7) is 7.73. The maximum Gasteiger partial charge on any atom is 0.306 e. The molecular formula is C16H23NO3. The van der Waals surface area contributed by atoms with E-state index in [1.807, 2.05) is 45.0 Å². The van der Waals surface area contributed by atoms with Crippen molar-refractivity contribution >= 4 is 17.6 Å². The lowest BCUT2D eigenvalue weighted by molar-refractivity contribution is -0.141. The van der Waals surface area contributed by atoms with Crippen LogP contribution in [0.3, 0.4) is 0 Å². The van der Waals surface area contributed by atoms with Crippen LogP contribution in [0.25, 0.3) is 0 Å². The topological polar surface area (TPSA) is 66.4 Å². The van der Waals surface area contributed by atoms with Crippen LogP contribution in [-0.4, -0.2) is 17.0 Å². The van der Waals surface area contributed by atoms with E-state index in [0.29, 0.717) is 12.8 Å². The Morgan fingerprint density at radius 1 is 1.20 bits per heavy atom. The molecule has 1 rings (SSSR count). The second-order valence-electron chi connectivity index (χ2n) is 6.43. The fourth-order valence-electron chi connectivity index (χ4n) is 1.85. The second kappa shape index (κ2) is 6.55. The first-order chi connectivity index (χ1) is 9.17. The van der Waals surface area contributed by atoms with Gasteiger partial charge in [0.25, 0.3) is 0 Å². The fourth-order valence-corrected chi connectivity index (χ4v) is 1.85. The molecule has 2 N–H and O–H groups in total. The van der Waals surface area contributed by atoms with Crippen LogP contribution in [0.1, 0.15) is 39.7 Å². The Hall–Kier alpha value is -1.84. The van der Waals surface area contributed by atoms with Gasteiger partial charge in [-0.05, 0) is 29.5 Å². The number of carboxylic acid groups (broad SMARTS) is 1. The third-order valence-electron chi connectivity index (χ3n) is 2.89. The Morgan fingerprint density at radius 2 is 1.75 bits per heavy atom. The average molecular weight is 277 g/mol. The van der Waals surface area contributed by atoms with Crippen LogP contribution in [0.15, 0.2) is 24.3 Å². The second-order valence-corrected chi connectivity index (χ2v) is 6.43. The van der Waals surface area contributed by atoms with E-state index < -0.39 is 11.9 Å². The Labute approximate surface area is 120 Å². The SMILES string of the molecule is CC(Cc1ccc(NC(=O)CC(C)(C)C)cc1)C(=O)O. The zero-order valence-electron chi connectivity index (χ0n) is 12.6. The first-order valence-electron chi connectivity index (χ1n) is 6.79. The summed E-state index contributed by atoms with van der Waals surface area (Å²) in [6.07, 6.45) is 0.955. The van der Waals surface area contributed by atoms with E-state index in [2.05, 4.69) is 5.32 Å². The molecule has 0 aliphatic rings. The molecule has 4 heteroatoms. The molecule has 20 heavy (non-hydrogen) atoms. The largest absolute Gasteiger partial charge is 0.481 e. The van der Waals surface area contributed by atoms with Crippen LogP contribution in [-0.2, 0) is 16.0 Å². The summed E-state index contributed by atoms with van der Waals surface area (Å²) in [5, 5.41) is 11.7. The molecule has 0 saturated carbocycles. The fraction of sp³-hybridized carbons (Fsp3) is 0.500. The van der Waals surface area contributed by atoms with Gasteiger partial charge in [-0.2, -0.15) is 0 Å². The summed E-state index contributed by atoms with van der Waals surface area (Å²) >= 11 is 0. The van der Waals surface area contributed by atoms with Crippen molar-refractivity contribution in [1.82, 2.24) is 0 Å². The number of carbonyl (C=O) groups excluding carboxylic acids is 1. The lowest BCUT2D eigenvalue weighted by Gasteiger charge is -2.17. The molecular weight excluding hydrogens is 254 g/mol. The lowest BCUT2D eigenvalue weighted by atomic mass is 9.92. The highest BCUT2D eigenvalue weighted by Gasteiger charge is 2.16. The molecule has 4 nitrogen and oxygen atoms in total. The van der Waals surface area contributed by atoms with Crippen LogP contribution >= 0.6 is 0 Å². The molecule has 0 heterocycles. The maximum atomic E-state index is 11.8. The number of benzene rings is 1. The van der Waals surface area contributed by atoms with Crippen molar-refractivity contribution in [3.05, 3.63) is 29.8 Å². The van der Waals surface area contributed by atoms with Gasteiger partial charge in [0.1, 0.15) is 0 Å². The standard InChI is InChI=1S/C16H23NO3/c1-11(15(19)20)9-12-5-7-13(8-6-12)17-14(18)10-16(2,3)4/h5-8,11H,9-10H2,1-4H3,(H,17,18)(H,19,20). The van der Waals surface area contributed by atoms with Crippen molar-refractivity contribution < 1.29 is 14.7 Å². The number of amides is 1. The van der Waals surface area contributed by atoms with E-state index in [0.717, 1.165) is 11.3 Å². The number of hydrogen-bond acceptors (Lipinski definition) is 2. The highest BCUT2D eigenvalue weighted by atomic mass is 16.4. The molecule has 1 aromatic carbocycles. The van der Waals surface area contributed by atoms with Crippen molar-refractivity contribution in [1.29, 1.82) is 0 Å². The molecule has 0 bridgehead atoms. The minimum Gasteiger partial charge on any atom is -0.481 e. The smallest absolute Gasteiger partial charge is 0.306 e. The van der Waals surface area contributed by atoms with Crippen molar-refractivity contribution in [2.24, 2.45) is 11.3 Å². The van der Waals surface area contributed by atoms with Crippen LogP contribution < -0.4 is 5.32 Å². The van der Waals surface area contributed by atoms with Crippen LogP contribution in [0.5, 0.6) is 0 Å². The normalized spacial score (nSPS) is 12.8. The Bertz CT molecular complexity index is 471. The number of aliphatic carboxylic acids is 1. The van der Waals surface area contributed by atoms with E-state index in [-0.39, 0.29) is 11.3 Å². The molecule has 1 unspecified atom stereocenters. The molecule has 1 atom stereocenters. The van der Waals surface area contributed by atoms with Crippen molar-refractivity contribution in [2.45, 2.75) is 40.5 Å². The molecule has 1 amide bonds. The van der Waals surface area contributed by atoms with Gasteiger partial charge in [0.15, 0.2) is 0 Å². The molecule has 0 spiro atoms. The first-order valence-corrected chi connectivity index (χ1v) is 6.79. The molecule has 1 aromatic rings. The third kappa shape index (κ3) is 5.87. The summed E-state index contributed by atoms with van der Waals surface area (Å²) in [7, 11) is 0. The van der Waals surface area contributed by atoms with Gasteiger partial charge in [0.2, 0.25) is 5.91 Å². The number of carbonyl (C=O) groups is 2. The predicted molar refractivity (Wildman–Crippen MR) is 79.6 cm³/mol. The van der Waals surface area contributed by atoms with Gasteiger partial charge in [0.05, 0.1) is 5.92 Å². The van der Waals surface area contributed by atoms with Crippen molar-refractivity contribution in [3.8, 4) is 0 Å². The molecule has 0 saturated heterocycles. The summed E-state index contributed by atoms with van der Waals surface area (Å²) in [5.74, 6) is -1.21. The average Bonchev–Trinajstić information content (AvgIpc) is 2.28. The number of carboxylic acids is 1. The van der Waals surface area contributed by atoms with Gasteiger partial charge in [-0.1, -0.05) is 39.8 Å². The quantitative estimate of drug-likeness (QED) is 0.867. The van der Waals surface area contributed by atoms with Crippen LogP contribution in [0.2, 0.25) is 0 Å². The zero-order chi connectivity index (χ0) is 15.3. The van der Waals surface area contributed by atoms with Gasteiger partial charge in [-0.3, -0.25) is 9.59 Å². The first kappa shape index (κ1) is 16.2. The summed E-state index contributed by atoms with van der Waals surface area (Å²) in [6, 6.07) is 7.33. The number of hydrogen-bond donors (Lipinski definition) is 2. The molecule has 0 fully saturated rings. The number of nitrogens with one attached hydrogen (secondary N) is 1. The number of rotatable bonds is 5. The van der Waals surface area contributed by atoms with Gasteiger partial charge in [-0.25, -0.2) is 0 Å². The van der Waals surface area contributed by atoms with Crippen molar-refractivity contribution in [2.75, 3.05) is 5.32 Å². The van der Waals surface area contributed by atoms with E-state index >= 15 is 0 Å². The van der Waals surface area contributed by atoms with Crippen LogP contribution in [0, 0.1) is 11.3 Å². The summed E-state index contributed by atoms with van der Waals surface area (Å²) in [4.78, 5) is 22.6. The Morgan fingerprint density at radius 3 is 2.20 bits per heavy atom. The minimum atomic E-state index is -0.799. The van der Waals surface area contributed by atoms with Gasteiger partial charge >= 0.3 is 5.97 Å². The van der Waals surface area contributed by atoms with E-state index in [4.69, 9.17) is 5.11 Å². The van der Waals surface area contributed by atoms with Crippen LogP contribution in [0.4, 0.5) is 5.69 Å². The Kier molecular flexibility index (Phi) is 5.31. The minimum absolute atomic E-state index is 0.0100. The van der Waals surface area contributed by atoms with Gasteiger partial charge in [-0.15, -0.1) is 0 Å². The van der Waals surface area contributed by atoms with Gasteiger partial charge < -0.3 is 10.4 Å². The summed E-state index contributed by atoms with van der Waals surface area (Å²) in [5.41, 5.74) is 1.65. The highest BCUT2D eigenvalue weighted by Crippen LogP contribution is 2.20. The summed E-state index contributed by atoms with van der Waals surface area (Å²) < 4.78 is 0. The molecule has 110 valence electrons. The van der Waals surface area contributed by atoms with E-state index in [9.17, 15) is 9.59 Å². The molecule has 0 aromatic heterocycles. The monoisotopic (exact) mass is 277 g/mol. The van der Waals surface area contributed by atoms with Gasteiger partial charge in [0, 0.05) is 12.1 Å². The molecule has 0 aliphatic carbocycles. The lowest BCUT2D eigenvalue weighted by Crippen LogP contribution is -2.19. The van der Waals surface area contributed by atoms with Crippen molar-refractivity contribution in [3.63, 3.8) is 0 Å². The maximum absolute atomic E-state index is 11.8.